The summed E-state index contributed by atoms with van der Waals surface area (Å²) in [6.07, 6.45) is 8.51. The monoisotopic (exact) mass is 415 g/mol. The van der Waals surface area contributed by atoms with E-state index in [1.807, 2.05) is 4.90 Å². The molecule has 4 rings (SSSR count). The predicted octanol–water partition coefficient (Wildman–Crippen LogP) is 4.40. The van der Waals surface area contributed by atoms with E-state index in [0.29, 0.717) is 24.9 Å². The van der Waals surface area contributed by atoms with Crippen molar-refractivity contribution in [2.24, 2.45) is 11.3 Å². The van der Waals surface area contributed by atoms with Gasteiger partial charge in [-0.1, -0.05) is 20.8 Å². The highest BCUT2D eigenvalue weighted by molar-refractivity contribution is 7.18. The average Bonchev–Trinajstić information content (AvgIpc) is 3.05. The van der Waals surface area contributed by atoms with Gasteiger partial charge in [0.2, 0.25) is 5.91 Å². The first-order valence-corrected chi connectivity index (χ1v) is 11.9. The summed E-state index contributed by atoms with van der Waals surface area (Å²) in [5, 5.41) is 0.804. The molecule has 5 nitrogen and oxygen atoms in total. The van der Waals surface area contributed by atoms with E-state index in [9.17, 15) is 9.59 Å². The fourth-order valence-corrected chi connectivity index (χ4v) is 6.19. The molecule has 0 saturated carbocycles. The van der Waals surface area contributed by atoms with E-state index in [1.54, 1.807) is 22.2 Å². The van der Waals surface area contributed by atoms with Gasteiger partial charge in [-0.2, -0.15) is 0 Å². The first-order chi connectivity index (χ1) is 13.8. The summed E-state index contributed by atoms with van der Waals surface area (Å²) >= 11 is 1.69. The highest BCUT2D eigenvalue weighted by Gasteiger charge is 2.32. The van der Waals surface area contributed by atoms with E-state index >= 15 is 0 Å². The fraction of sp³-hybridized carbons (Fsp3) is 0.696. The molecule has 3 heterocycles. The third-order valence-corrected chi connectivity index (χ3v) is 8.11. The molecule has 1 saturated heterocycles. The van der Waals surface area contributed by atoms with Crippen LogP contribution in [0.5, 0.6) is 0 Å². The summed E-state index contributed by atoms with van der Waals surface area (Å²) in [5.41, 5.74) is 1.53. The Kier molecular flexibility index (Phi) is 5.58. The lowest BCUT2D eigenvalue weighted by Crippen LogP contribution is -2.42. The van der Waals surface area contributed by atoms with Gasteiger partial charge < -0.3 is 4.90 Å². The van der Waals surface area contributed by atoms with Crippen LogP contribution in [0.4, 0.5) is 0 Å². The summed E-state index contributed by atoms with van der Waals surface area (Å²) in [6, 6.07) is 0.313. The second kappa shape index (κ2) is 7.86. The van der Waals surface area contributed by atoms with Crippen molar-refractivity contribution >= 4 is 27.5 Å². The Hall–Kier alpha value is -1.69. The lowest BCUT2D eigenvalue weighted by atomic mass is 9.72. The Labute approximate surface area is 177 Å². The molecule has 2 unspecified atom stereocenters. The van der Waals surface area contributed by atoms with Crippen molar-refractivity contribution in [3.63, 3.8) is 0 Å². The Morgan fingerprint density at radius 2 is 2.07 bits per heavy atom. The van der Waals surface area contributed by atoms with E-state index in [4.69, 9.17) is 0 Å². The van der Waals surface area contributed by atoms with Gasteiger partial charge in [0.15, 0.2) is 0 Å². The van der Waals surface area contributed by atoms with Gasteiger partial charge in [0.05, 0.1) is 11.7 Å². The maximum atomic E-state index is 13.2. The van der Waals surface area contributed by atoms with Crippen LogP contribution < -0.4 is 5.56 Å². The van der Waals surface area contributed by atoms with Crippen molar-refractivity contribution in [1.29, 1.82) is 0 Å². The van der Waals surface area contributed by atoms with E-state index in [-0.39, 0.29) is 16.9 Å². The van der Waals surface area contributed by atoms with Gasteiger partial charge in [-0.15, -0.1) is 11.3 Å². The molecule has 2 aliphatic rings. The number of amides is 1. The molecule has 0 aromatic carbocycles. The van der Waals surface area contributed by atoms with Crippen LogP contribution in [0.25, 0.3) is 10.2 Å². The second-order valence-electron chi connectivity index (χ2n) is 9.91. The number of piperidine rings is 1. The number of nitrogens with zero attached hydrogens (tertiary/aromatic N) is 3. The van der Waals surface area contributed by atoms with Crippen molar-refractivity contribution < 1.29 is 4.79 Å². The maximum Gasteiger partial charge on any atom is 0.262 e. The topological polar surface area (TPSA) is 55.2 Å². The molecule has 6 heteroatoms. The summed E-state index contributed by atoms with van der Waals surface area (Å²) in [6.45, 7) is 10.3. The smallest absolute Gasteiger partial charge is 0.262 e. The molecule has 0 radical (unpaired) electrons. The Morgan fingerprint density at radius 1 is 1.28 bits per heavy atom. The highest BCUT2D eigenvalue weighted by atomic mass is 32.1. The first-order valence-electron chi connectivity index (χ1n) is 11.0. The minimum Gasteiger partial charge on any atom is -0.340 e. The summed E-state index contributed by atoms with van der Waals surface area (Å²) in [7, 11) is 0. The van der Waals surface area contributed by atoms with Crippen molar-refractivity contribution in [3.05, 3.63) is 27.1 Å². The van der Waals surface area contributed by atoms with Gasteiger partial charge in [0.1, 0.15) is 4.83 Å². The van der Waals surface area contributed by atoms with Crippen LogP contribution in [-0.2, 0) is 24.2 Å². The molecule has 158 valence electrons. The number of hydrogen-bond donors (Lipinski definition) is 0. The number of thiophene rings is 1. The number of aryl methyl sites for hydroxylation is 2. The normalized spacial score (nSPS) is 22.7. The SMILES string of the molecule is CC1CCCCN1C(=O)CCn1cnc2sc3c(c2c1=O)CCC(C(C)(C)C)C3. The maximum absolute atomic E-state index is 13.2. The molecular weight excluding hydrogens is 382 g/mol. The zero-order chi connectivity index (χ0) is 20.8. The van der Waals surface area contributed by atoms with Crippen molar-refractivity contribution in [3.8, 4) is 0 Å². The van der Waals surface area contributed by atoms with Crippen molar-refractivity contribution in [2.75, 3.05) is 6.54 Å². The summed E-state index contributed by atoms with van der Waals surface area (Å²) in [5.74, 6) is 0.805. The molecule has 1 aliphatic carbocycles. The van der Waals surface area contributed by atoms with Crippen LogP contribution in [0, 0.1) is 11.3 Å². The standard InChI is InChI=1S/C23H33N3O2S/c1-15-7-5-6-11-26(15)19(27)10-12-25-14-24-21-20(22(25)28)17-9-8-16(23(2,3)4)13-18(17)29-21/h14-16H,5-13H2,1-4H3. The highest BCUT2D eigenvalue weighted by Crippen LogP contribution is 2.41. The van der Waals surface area contributed by atoms with Gasteiger partial charge in [-0.05, 0) is 62.3 Å². The molecule has 0 bridgehead atoms. The number of carbonyl (C=O) groups excluding carboxylic acids is 1. The number of hydrogen-bond acceptors (Lipinski definition) is 4. The second-order valence-corrected chi connectivity index (χ2v) is 11.0. The van der Waals surface area contributed by atoms with E-state index in [0.717, 1.165) is 48.9 Å². The minimum atomic E-state index is 0.0289. The van der Waals surface area contributed by atoms with Gasteiger partial charge in [-0.25, -0.2) is 4.98 Å². The first kappa shape index (κ1) is 20.6. The zero-order valence-corrected chi connectivity index (χ0v) is 19.0. The number of rotatable bonds is 3. The average molecular weight is 416 g/mol. The third kappa shape index (κ3) is 4.00. The van der Waals surface area contributed by atoms with E-state index < -0.39 is 0 Å². The van der Waals surface area contributed by atoms with Crippen LogP contribution >= 0.6 is 11.3 Å². The quantitative estimate of drug-likeness (QED) is 0.747. The Morgan fingerprint density at radius 3 is 2.79 bits per heavy atom. The van der Waals surface area contributed by atoms with E-state index in [1.165, 1.54) is 16.9 Å². The van der Waals surface area contributed by atoms with Crippen LogP contribution in [0.3, 0.4) is 0 Å². The number of carbonyl (C=O) groups is 1. The van der Waals surface area contributed by atoms with Crippen molar-refractivity contribution in [1.82, 2.24) is 14.5 Å². The molecule has 1 aliphatic heterocycles. The third-order valence-electron chi connectivity index (χ3n) is 6.95. The molecule has 2 atom stereocenters. The Balaban J connectivity index is 1.54. The van der Waals surface area contributed by atoms with Crippen LogP contribution in [0.1, 0.15) is 70.2 Å². The van der Waals surface area contributed by atoms with Gasteiger partial charge in [0, 0.05) is 30.4 Å². The number of fused-ring (bicyclic) bond motifs is 3. The largest absolute Gasteiger partial charge is 0.340 e. The molecule has 1 fully saturated rings. The Bertz CT molecular complexity index is 969. The molecule has 0 spiro atoms. The predicted molar refractivity (Wildman–Crippen MR) is 118 cm³/mol. The van der Waals surface area contributed by atoms with Crippen LogP contribution in [-0.4, -0.2) is 32.9 Å². The molecule has 2 aromatic heterocycles. The molecule has 0 N–H and O–H groups in total. The molecular formula is C23H33N3O2S. The lowest BCUT2D eigenvalue weighted by Gasteiger charge is -2.33. The molecule has 1 amide bonds. The van der Waals surface area contributed by atoms with Gasteiger partial charge in [0.25, 0.3) is 5.56 Å². The summed E-state index contributed by atoms with van der Waals surface area (Å²) in [4.78, 5) is 34.6. The lowest BCUT2D eigenvalue weighted by molar-refractivity contribution is -0.134. The van der Waals surface area contributed by atoms with Gasteiger partial charge >= 0.3 is 0 Å². The summed E-state index contributed by atoms with van der Waals surface area (Å²) < 4.78 is 1.65. The van der Waals surface area contributed by atoms with Gasteiger partial charge in [-0.3, -0.25) is 14.2 Å². The zero-order valence-electron chi connectivity index (χ0n) is 18.2. The van der Waals surface area contributed by atoms with Crippen LogP contribution in [0.2, 0.25) is 0 Å². The molecule has 2 aromatic rings. The van der Waals surface area contributed by atoms with Crippen LogP contribution in [0.15, 0.2) is 11.1 Å². The molecule has 29 heavy (non-hydrogen) atoms. The number of aromatic nitrogens is 2. The minimum absolute atomic E-state index is 0.0289. The number of likely N-dealkylation sites (tertiary alicyclic amines) is 1. The van der Waals surface area contributed by atoms with Crippen molar-refractivity contribution in [2.45, 2.75) is 85.2 Å². The fourth-order valence-electron chi connectivity index (χ4n) is 4.93. The van der Waals surface area contributed by atoms with E-state index in [2.05, 4.69) is 32.7 Å².